The Balaban J connectivity index is 1.98. The van der Waals surface area contributed by atoms with Gasteiger partial charge in [0.25, 0.3) is 0 Å². The number of hydrogen-bond acceptors (Lipinski definition) is 2. The standard InChI is InChI=1S/C14H13F2NO/c15-11-4-1-3-10(7-11)14(17)9-18-13-6-2-5-12(16)8-13/h1-8,14H,9,17H2. The van der Waals surface area contributed by atoms with Gasteiger partial charge in [-0.2, -0.15) is 0 Å². The Morgan fingerprint density at radius 1 is 1.00 bits per heavy atom. The molecule has 0 aliphatic heterocycles. The van der Waals surface area contributed by atoms with Gasteiger partial charge in [0, 0.05) is 6.07 Å². The van der Waals surface area contributed by atoms with Crippen molar-refractivity contribution in [3.63, 3.8) is 0 Å². The van der Waals surface area contributed by atoms with Gasteiger partial charge >= 0.3 is 0 Å². The fourth-order valence-electron chi connectivity index (χ4n) is 1.58. The number of nitrogens with two attached hydrogens (primary N) is 1. The minimum atomic E-state index is -0.455. The third kappa shape index (κ3) is 3.28. The molecule has 1 unspecified atom stereocenters. The second-order valence-corrected chi connectivity index (χ2v) is 3.93. The molecule has 0 amide bonds. The quantitative estimate of drug-likeness (QED) is 0.903. The van der Waals surface area contributed by atoms with Gasteiger partial charge < -0.3 is 10.5 Å². The van der Waals surface area contributed by atoms with Crippen molar-refractivity contribution in [1.82, 2.24) is 0 Å². The predicted octanol–water partition coefficient (Wildman–Crippen LogP) is 3.04. The molecular weight excluding hydrogens is 236 g/mol. The molecule has 0 spiro atoms. The van der Waals surface area contributed by atoms with Crippen LogP contribution in [-0.4, -0.2) is 6.61 Å². The van der Waals surface area contributed by atoms with E-state index in [0.717, 1.165) is 0 Å². The molecule has 1 atom stereocenters. The number of benzene rings is 2. The number of ether oxygens (including phenoxy) is 1. The summed E-state index contributed by atoms with van der Waals surface area (Å²) in [6, 6.07) is 11.4. The molecule has 0 aromatic heterocycles. The van der Waals surface area contributed by atoms with Crippen LogP contribution in [0.2, 0.25) is 0 Å². The summed E-state index contributed by atoms with van der Waals surface area (Å²) >= 11 is 0. The monoisotopic (exact) mass is 249 g/mol. The first-order valence-corrected chi connectivity index (χ1v) is 5.54. The van der Waals surface area contributed by atoms with Crippen molar-refractivity contribution in [3.05, 3.63) is 65.7 Å². The second-order valence-electron chi connectivity index (χ2n) is 3.93. The fraction of sp³-hybridized carbons (Fsp3) is 0.143. The van der Waals surface area contributed by atoms with E-state index in [9.17, 15) is 8.78 Å². The van der Waals surface area contributed by atoms with Gasteiger partial charge in [0.1, 0.15) is 24.0 Å². The third-order valence-corrected chi connectivity index (χ3v) is 2.50. The molecule has 0 heterocycles. The SMILES string of the molecule is NC(COc1cccc(F)c1)c1cccc(F)c1. The molecule has 0 aliphatic rings. The lowest BCUT2D eigenvalue weighted by atomic mass is 10.1. The summed E-state index contributed by atoms with van der Waals surface area (Å²) < 4.78 is 31.3. The van der Waals surface area contributed by atoms with Crippen molar-refractivity contribution in [2.75, 3.05) is 6.61 Å². The molecule has 2 rings (SSSR count). The average Bonchev–Trinajstić information content (AvgIpc) is 2.36. The van der Waals surface area contributed by atoms with Gasteiger partial charge in [-0.15, -0.1) is 0 Å². The Hall–Kier alpha value is -1.94. The highest BCUT2D eigenvalue weighted by Crippen LogP contribution is 2.16. The first-order valence-electron chi connectivity index (χ1n) is 5.54. The molecule has 2 aromatic rings. The Bertz CT molecular complexity index is 531. The van der Waals surface area contributed by atoms with Crippen molar-refractivity contribution >= 4 is 0 Å². The van der Waals surface area contributed by atoms with Crippen LogP contribution in [0.3, 0.4) is 0 Å². The summed E-state index contributed by atoms with van der Waals surface area (Å²) in [6.45, 7) is 0.160. The van der Waals surface area contributed by atoms with E-state index in [-0.39, 0.29) is 18.2 Å². The molecule has 0 saturated heterocycles. The minimum absolute atomic E-state index is 0.160. The maximum Gasteiger partial charge on any atom is 0.126 e. The van der Waals surface area contributed by atoms with Crippen LogP contribution in [0.5, 0.6) is 5.75 Å². The molecule has 94 valence electrons. The zero-order valence-corrected chi connectivity index (χ0v) is 9.64. The summed E-state index contributed by atoms with van der Waals surface area (Å²) in [7, 11) is 0. The van der Waals surface area contributed by atoms with Crippen molar-refractivity contribution in [1.29, 1.82) is 0 Å². The summed E-state index contributed by atoms with van der Waals surface area (Å²) in [5.41, 5.74) is 6.51. The van der Waals surface area contributed by atoms with Crippen molar-refractivity contribution in [3.8, 4) is 5.75 Å². The second kappa shape index (κ2) is 5.60. The Labute approximate surface area is 104 Å². The van der Waals surface area contributed by atoms with Gasteiger partial charge in [-0.3, -0.25) is 0 Å². The summed E-state index contributed by atoms with van der Waals surface area (Å²) in [5, 5.41) is 0. The normalized spacial score (nSPS) is 12.2. The van der Waals surface area contributed by atoms with E-state index in [1.54, 1.807) is 24.3 Å². The lowest BCUT2D eigenvalue weighted by molar-refractivity contribution is 0.289. The Morgan fingerprint density at radius 2 is 1.67 bits per heavy atom. The van der Waals surface area contributed by atoms with E-state index in [4.69, 9.17) is 10.5 Å². The molecule has 2 N–H and O–H groups in total. The minimum Gasteiger partial charge on any atom is -0.492 e. The lowest BCUT2D eigenvalue weighted by Crippen LogP contribution is -2.19. The fourth-order valence-corrected chi connectivity index (χ4v) is 1.58. The van der Waals surface area contributed by atoms with E-state index < -0.39 is 6.04 Å². The summed E-state index contributed by atoms with van der Waals surface area (Å²) in [5.74, 6) is -0.303. The van der Waals surface area contributed by atoms with Crippen LogP contribution < -0.4 is 10.5 Å². The van der Waals surface area contributed by atoms with Gasteiger partial charge in [0.15, 0.2) is 0 Å². The van der Waals surface area contributed by atoms with Gasteiger partial charge in [-0.1, -0.05) is 18.2 Å². The van der Waals surface area contributed by atoms with Crippen LogP contribution in [0.1, 0.15) is 11.6 Å². The van der Waals surface area contributed by atoms with Crippen LogP contribution in [0, 0.1) is 11.6 Å². The van der Waals surface area contributed by atoms with Crippen LogP contribution in [0.4, 0.5) is 8.78 Å². The molecule has 0 aliphatic carbocycles. The van der Waals surface area contributed by atoms with Crippen LogP contribution in [0.25, 0.3) is 0 Å². The van der Waals surface area contributed by atoms with E-state index >= 15 is 0 Å². The van der Waals surface area contributed by atoms with Gasteiger partial charge in [-0.25, -0.2) is 8.78 Å². The molecule has 4 heteroatoms. The molecule has 2 nitrogen and oxygen atoms in total. The number of rotatable bonds is 4. The van der Waals surface area contributed by atoms with Gasteiger partial charge in [0.2, 0.25) is 0 Å². The Morgan fingerprint density at radius 3 is 2.33 bits per heavy atom. The molecule has 0 saturated carbocycles. The average molecular weight is 249 g/mol. The zero-order chi connectivity index (χ0) is 13.0. The van der Waals surface area contributed by atoms with Crippen LogP contribution in [0.15, 0.2) is 48.5 Å². The predicted molar refractivity (Wildman–Crippen MR) is 65.2 cm³/mol. The highest BCUT2D eigenvalue weighted by molar-refractivity contribution is 5.23. The van der Waals surface area contributed by atoms with E-state index in [0.29, 0.717) is 11.3 Å². The van der Waals surface area contributed by atoms with Crippen LogP contribution >= 0.6 is 0 Å². The molecule has 0 bridgehead atoms. The first-order chi connectivity index (χ1) is 8.65. The number of halogens is 2. The first kappa shape index (κ1) is 12.5. The highest BCUT2D eigenvalue weighted by atomic mass is 19.1. The molecule has 0 radical (unpaired) electrons. The van der Waals surface area contributed by atoms with Gasteiger partial charge in [0.05, 0.1) is 6.04 Å². The molecular formula is C14H13F2NO. The Kier molecular flexibility index (Phi) is 3.89. The van der Waals surface area contributed by atoms with Crippen LogP contribution in [-0.2, 0) is 0 Å². The summed E-state index contributed by atoms with van der Waals surface area (Å²) in [4.78, 5) is 0. The third-order valence-electron chi connectivity index (χ3n) is 2.50. The van der Waals surface area contributed by atoms with Crippen molar-refractivity contribution in [2.45, 2.75) is 6.04 Å². The molecule has 2 aromatic carbocycles. The van der Waals surface area contributed by atoms with Crippen molar-refractivity contribution in [2.24, 2.45) is 5.73 Å². The lowest BCUT2D eigenvalue weighted by Gasteiger charge is -2.13. The van der Waals surface area contributed by atoms with E-state index in [2.05, 4.69) is 0 Å². The highest BCUT2D eigenvalue weighted by Gasteiger charge is 2.08. The number of hydrogen-bond donors (Lipinski definition) is 1. The largest absolute Gasteiger partial charge is 0.492 e. The van der Waals surface area contributed by atoms with E-state index in [1.165, 1.54) is 24.3 Å². The summed E-state index contributed by atoms with van der Waals surface area (Å²) in [6.07, 6.45) is 0. The van der Waals surface area contributed by atoms with Gasteiger partial charge in [-0.05, 0) is 29.8 Å². The topological polar surface area (TPSA) is 35.2 Å². The van der Waals surface area contributed by atoms with E-state index in [1.807, 2.05) is 0 Å². The smallest absolute Gasteiger partial charge is 0.126 e. The molecule has 0 fully saturated rings. The zero-order valence-electron chi connectivity index (χ0n) is 9.64. The maximum atomic E-state index is 13.0. The van der Waals surface area contributed by atoms with Crippen molar-refractivity contribution < 1.29 is 13.5 Å². The molecule has 18 heavy (non-hydrogen) atoms. The maximum absolute atomic E-state index is 13.0.